The monoisotopic (exact) mass is 261 g/mol. The van der Waals surface area contributed by atoms with Gasteiger partial charge >= 0.3 is 0 Å². The Hall–Kier alpha value is -1.39. The Bertz CT molecular complexity index is 459. The zero-order valence-corrected chi connectivity index (χ0v) is 11.8. The Kier molecular flexibility index (Phi) is 4.56. The van der Waals surface area contributed by atoms with Gasteiger partial charge in [-0.2, -0.15) is 0 Å². The maximum Gasteiger partial charge on any atom is 0.227 e. The van der Waals surface area contributed by atoms with Gasteiger partial charge in [0.1, 0.15) is 0 Å². The number of fused-ring (bicyclic) bond motifs is 1. The minimum atomic E-state index is 0.0848. The topological polar surface area (TPSA) is 58.4 Å². The fourth-order valence-electron chi connectivity index (χ4n) is 2.57. The van der Waals surface area contributed by atoms with Crippen LogP contribution in [0.2, 0.25) is 0 Å². The summed E-state index contributed by atoms with van der Waals surface area (Å²) in [5.41, 5.74) is 9.67. The molecule has 0 radical (unpaired) electrons. The molecule has 0 saturated carbocycles. The van der Waals surface area contributed by atoms with Gasteiger partial charge in [0.05, 0.1) is 0 Å². The van der Waals surface area contributed by atoms with E-state index < -0.39 is 0 Å². The van der Waals surface area contributed by atoms with Gasteiger partial charge in [0, 0.05) is 25.2 Å². The number of amides is 1. The largest absolute Gasteiger partial charge is 0.324 e. The Morgan fingerprint density at radius 3 is 2.95 bits per heavy atom. The van der Waals surface area contributed by atoms with E-state index in [0.29, 0.717) is 6.42 Å². The minimum absolute atomic E-state index is 0.0848. The van der Waals surface area contributed by atoms with E-state index in [-0.39, 0.29) is 11.9 Å². The number of aryl methyl sites for hydroxylation is 1. The van der Waals surface area contributed by atoms with Crippen molar-refractivity contribution >= 4 is 11.6 Å². The van der Waals surface area contributed by atoms with Crippen LogP contribution >= 0.6 is 0 Å². The Morgan fingerprint density at radius 2 is 2.21 bits per heavy atom. The van der Waals surface area contributed by atoms with Crippen LogP contribution in [0.25, 0.3) is 0 Å². The zero-order chi connectivity index (χ0) is 13.8. The molecule has 0 saturated heterocycles. The van der Waals surface area contributed by atoms with E-state index in [1.54, 1.807) is 4.90 Å². The molecule has 1 aliphatic heterocycles. The first kappa shape index (κ1) is 14.0. The summed E-state index contributed by atoms with van der Waals surface area (Å²) in [6, 6.07) is 6.33. The van der Waals surface area contributed by atoms with Crippen molar-refractivity contribution in [3.63, 3.8) is 0 Å². The molecular weight excluding hydrogens is 238 g/mol. The van der Waals surface area contributed by atoms with Crippen molar-refractivity contribution in [1.82, 2.24) is 5.32 Å². The maximum atomic E-state index is 11.6. The molecule has 3 N–H and O–H groups in total. The highest BCUT2D eigenvalue weighted by Gasteiger charge is 2.21. The number of carbonyl (C=O) groups is 1. The van der Waals surface area contributed by atoms with Crippen molar-refractivity contribution in [2.24, 2.45) is 5.73 Å². The second-order valence-electron chi connectivity index (χ2n) is 5.19. The molecule has 4 nitrogen and oxygen atoms in total. The molecule has 2 rings (SSSR count). The molecule has 0 fully saturated rings. The van der Waals surface area contributed by atoms with E-state index in [2.05, 4.69) is 17.4 Å². The highest BCUT2D eigenvalue weighted by Crippen LogP contribution is 2.29. The van der Waals surface area contributed by atoms with E-state index in [1.165, 1.54) is 11.1 Å². The number of anilines is 1. The van der Waals surface area contributed by atoms with E-state index in [0.717, 1.165) is 31.5 Å². The van der Waals surface area contributed by atoms with Crippen molar-refractivity contribution in [2.45, 2.75) is 31.7 Å². The molecule has 0 aromatic heterocycles. The summed E-state index contributed by atoms with van der Waals surface area (Å²) in [4.78, 5) is 13.4. The summed E-state index contributed by atoms with van der Waals surface area (Å²) < 4.78 is 0. The van der Waals surface area contributed by atoms with Crippen LogP contribution < -0.4 is 16.0 Å². The van der Waals surface area contributed by atoms with Gasteiger partial charge in [-0.15, -0.1) is 0 Å². The van der Waals surface area contributed by atoms with E-state index in [9.17, 15) is 4.79 Å². The summed E-state index contributed by atoms with van der Waals surface area (Å²) in [6.07, 6.45) is 3.49. The molecule has 4 heteroatoms. The first-order chi connectivity index (χ1) is 9.13. The molecule has 1 heterocycles. The SMILES string of the molecule is CNCCCC(N)c1ccc2c(c1)CCC(=O)N2C. The molecule has 0 aliphatic carbocycles. The summed E-state index contributed by atoms with van der Waals surface area (Å²) in [5, 5.41) is 3.14. The van der Waals surface area contributed by atoms with Gasteiger partial charge in [-0.05, 0) is 50.0 Å². The van der Waals surface area contributed by atoms with Crippen molar-refractivity contribution < 1.29 is 4.79 Å². The van der Waals surface area contributed by atoms with Gasteiger partial charge in [-0.1, -0.05) is 12.1 Å². The third-order valence-corrected chi connectivity index (χ3v) is 3.82. The lowest BCUT2D eigenvalue weighted by atomic mass is 9.95. The lowest BCUT2D eigenvalue weighted by molar-refractivity contribution is -0.118. The predicted molar refractivity (Wildman–Crippen MR) is 78.3 cm³/mol. The Labute approximate surface area is 115 Å². The molecule has 1 unspecified atom stereocenters. The molecule has 1 aromatic carbocycles. The van der Waals surface area contributed by atoms with Gasteiger partial charge in [-0.3, -0.25) is 4.79 Å². The summed E-state index contributed by atoms with van der Waals surface area (Å²) in [6.45, 7) is 0.996. The Balaban J connectivity index is 2.10. The van der Waals surface area contributed by atoms with Gasteiger partial charge in [0.25, 0.3) is 0 Å². The van der Waals surface area contributed by atoms with Gasteiger partial charge < -0.3 is 16.0 Å². The van der Waals surface area contributed by atoms with Gasteiger partial charge in [0.2, 0.25) is 5.91 Å². The fourth-order valence-corrected chi connectivity index (χ4v) is 2.57. The van der Waals surface area contributed by atoms with E-state index >= 15 is 0 Å². The number of benzene rings is 1. The average molecular weight is 261 g/mol. The number of hydrogen-bond acceptors (Lipinski definition) is 3. The lowest BCUT2D eigenvalue weighted by Crippen LogP contribution is -2.31. The van der Waals surface area contributed by atoms with Crippen LogP contribution in [-0.2, 0) is 11.2 Å². The van der Waals surface area contributed by atoms with Gasteiger partial charge in [0.15, 0.2) is 0 Å². The molecular formula is C15H23N3O. The van der Waals surface area contributed by atoms with E-state index in [4.69, 9.17) is 5.73 Å². The quantitative estimate of drug-likeness (QED) is 0.791. The molecule has 0 spiro atoms. The molecule has 1 amide bonds. The molecule has 1 aromatic rings. The predicted octanol–water partition coefficient (Wildman–Crippen LogP) is 1.59. The number of carbonyl (C=O) groups excluding carboxylic acids is 1. The molecule has 0 bridgehead atoms. The normalized spacial score (nSPS) is 16.4. The molecule has 104 valence electrons. The second-order valence-corrected chi connectivity index (χ2v) is 5.19. The third-order valence-electron chi connectivity index (χ3n) is 3.82. The fraction of sp³-hybridized carbons (Fsp3) is 0.533. The van der Waals surface area contributed by atoms with E-state index in [1.807, 2.05) is 20.2 Å². The summed E-state index contributed by atoms with van der Waals surface area (Å²) in [5.74, 6) is 0.193. The molecule has 1 aliphatic rings. The smallest absolute Gasteiger partial charge is 0.227 e. The van der Waals surface area contributed by atoms with Crippen molar-refractivity contribution in [2.75, 3.05) is 25.5 Å². The molecule has 1 atom stereocenters. The van der Waals surface area contributed by atoms with Crippen LogP contribution in [0.4, 0.5) is 5.69 Å². The number of rotatable bonds is 5. The maximum absolute atomic E-state index is 11.6. The van der Waals surface area contributed by atoms with Crippen LogP contribution in [0, 0.1) is 0 Å². The number of nitrogens with two attached hydrogens (primary N) is 1. The van der Waals surface area contributed by atoms with Crippen LogP contribution in [0.5, 0.6) is 0 Å². The average Bonchev–Trinajstić information content (AvgIpc) is 2.43. The standard InChI is InChI=1S/C15H23N3O/c1-17-9-3-4-13(16)11-5-7-14-12(10-11)6-8-15(19)18(14)2/h5,7,10,13,17H,3-4,6,8-9,16H2,1-2H3. The Morgan fingerprint density at radius 1 is 1.42 bits per heavy atom. The van der Waals surface area contributed by atoms with Crippen LogP contribution in [-0.4, -0.2) is 26.5 Å². The zero-order valence-electron chi connectivity index (χ0n) is 11.8. The van der Waals surface area contributed by atoms with Crippen LogP contribution in [0.1, 0.15) is 36.4 Å². The second kappa shape index (κ2) is 6.17. The van der Waals surface area contributed by atoms with Gasteiger partial charge in [-0.25, -0.2) is 0 Å². The summed E-state index contributed by atoms with van der Waals surface area (Å²) in [7, 11) is 3.80. The minimum Gasteiger partial charge on any atom is -0.324 e. The highest BCUT2D eigenvalue weighted by atomic mass is 16.2. The van der Waals surface area contributed by atoms with Crippen LogP contribution in [0.15, 0.2) is 18.2 Å². The number of hydrogen-bond donors (Lipinski definition) is 2. The summed E-state index contributed by atoms with van der Waals surface area (Å²) >= 11 is 0. The molecule has 19 heavy (non-hydrogen) atoms. The third kappa shape index (κ3) is 3.14. The van der Waals surface area contributed by atoms with Crippen molar-refractivity contribution in [3.05, 3.63) is 29.3 Å². The van der Waals surface area contributed by atoms with Crippen molar-refractivity contribution in [3.8, 4) is 0 Å². The number of nitrogens with zero attached hydrogens (tertiary/aromatic N) is 1. The first-order valence-electron chi connectivity index (χ1n) is 6.93. The lowest BCUT2D eigenvalue weighted by Gasteiger charge is -2.26. The first-order valence-corrected chi connectivity index (χ1v) is 6.93. The number of nitrogens with one attached hydrogen (secondary N) is 1. The highest BCUT2D eigenvalue weighted by molar-refractivity contribution is 5.95. The van der Waals surface area contributed by atoms with Crippen molar-refractivity contribution in [1.29, 1.82) is 0 Å². The van der Waals surface area contributed by atoms with Crippen LogP contribution in [0.3, 0.4) is 0 Å².